The minimum absolute atomic E-state index is 0.722. The summed E-state index contributed by atoms with van der Waals surface area (Å²) in [5.41, 5.74) is 2.17. The Hall–Kier alpha value is -1.91. The second kappa shape index (κ2) is 5.61. The first-order valence-electron chi connectivity index (χ1n) is 7.38. The van der Waals surface area contributed by atoms with Crippen molar-refractivity contribution >= 4 is 5.82 Å². The van der Waals surface area contributed by atoms with Gasteiger partial charge >= 0.3 is 0 Å². The van der Waals surface area contributed by atoms with Gasteiger partial charge in [-0.15, -0.1) is 0 Å². The van der Waals surface area contributed by atoms with Gasteiger partial charge in [0.1, 0.15) is 17.5 Å². The van der Waals surface area contributed by atoms with Gasteiger partial charge in [0, 0.05) is 30.9 Å². The average Bonchev–Trinajstić information content (AvgIpc) is 2.87. The molecule has 3 heterocycles. The molecule has 0 bridgehead atoms. The Morgan fingerprint density at radius 1 is 1.20 bits per heavy atom. The lowest BCUT2D eigenvalue weighted by atomic mass is 10.2. The van der Waals surface area contributed by atoms with Crippen molar-refractivity contribution in [1.82, 2.24) is 19.5 Å². The standard InChI is InChI=1S/C15H21N5/c1-3-12-8-14(18-11(2)17-12)16-9-13-10-20-7-5-4-6-15(20)19-13/h8,10H,3-7,9H2,1-2H3,(H,16,17,18). The summed E-state index contributed by atoms with van der Waals surface area (Å²) in [7, 11) is 0. The fraction of sp³-hybridized carbons (Fsp3) is 0.533. The van der Waals surface area contributed by atoms with E-state index in [1.54, 1.807) is 0 Å². The smallest absolute Gasteiger partial charge is 0.130 e. The predicted octanol–water partition coefficient (Wildman–Crippen LogP) is 2.49. The molecule has 1 aliphatic heterocycles. The second-order valence-corrected chi connectivity index (χ2v) is 5.30. The minimum Gasteiger partial charge on any atom is -0.364 e. The lowest BCUT2D eigenvalue weighted by Crippen LogP contribution is -2.08. The molecule has 0 saturated heterocycles. The second-order valence-electron chi connectivity index (χ2n) is 5.30. The first-order valence-corrected chi connectivity index (χ1v) is 7.38. The minimum atomic E-state index is 0.722. The summed E-state index contributed by atoms with van der Waals surface area (Å²) in [6, 6.07) is 2.02. The lowest BCUT2D eigenvalue weighted by Gasteiger charge is -2.11. The van der Waals surface area contributed by atoms with E-state index in [1.165, 1.54) is 18.7 Å². The number of imidazole rings is 1. The summed E-state index contributed by atoms with van der Waals surface area (Å²) in [6.07, 6.45) is 6.72. The monoisotopic (exact) mass is 271 g/mol. The highest BCUT2D eigenvalue weighted by molar-refractivity contribution is 5.36. The van der Waals surface area contributed by atoms with E-state index in [1.807, 2.05) is 13.0 Å². The molecule has 2 aromatic rings. The van der Waals surface area contributed by atoms with E-state index in [9.17, 15) is 0 Å². The average molecular weight is 271 g/mol. The molecular weight excluding hydrogens is 250 g/mol. The van der Waals surface area contributed by atoms with Gasteiger partial charge in [-0.1, -0.05) is 6.92 Å². The maximum atomic E-state index is 4.69. The number of rotatable bonds is 4. The zero-order chi connectivity index (χ0) is 13.9. The summed E-state index contributed by atoms with van der Waals surface area (Å²) in [5.74, 6) is 2.93. The Bertz CT molecular complexity index is 579. The number of aromatic nitrogens is 4. The first kappa shape index (κ1) is 13.1. The Balaban J connectivity index is 1.70. The van der Waals surface area contributed by atoms with E-state index in [0.29, 0.717) is 0 Å². The molecule has 20 heavy (non-hydrogen) atoms. The fourth-order valence-corrected chi connectivity index (χ4v) is 2.64. The van der Waals surface area contributed by atoms with Crippen molar-refractivity contribution in [2.75, 3.05) is 5.32 Å². The van der Waals surface area contributed by atoms with Crippen LogP contribution in [-0.2, 0) is 25.9 Å². The zero-order valence-corrected chi connectivity index (χ0v) is 12.2. The summed E-state index contributed by atoms with van der Waals surface area (Å²) in [5, 5.41) is 3.36. The molecule has 1 N–H and O–H groups in total. The van der Waals surface area contributed by atoms with Crippen molar-refractivity contribution in [2.24, 2.45) is 0 Å². The lowest BCUT2D eigenvalue weighted by molar-refractivity contribution is 0.522. The molecule has 0 spiro atoms. The van der Waals surface area contributed by atoms with E-state index in [2.05, 4.69) is 38.0 Å². The normalized spacial score (nSPS) is 14.1. The van der Waals surface area contributed by atoms with Crippen LogP contribution in [0.4, 0.5) is 5.82 Å². The Kier molecular flexibility index (Phi) is 3.67. The Morgan fingerprint density at radius 2 is 2.10 bits per heavy atom. The molecule has 0 radical (unpaired) electrons. The molecule has 3 rings (SSSR count). The van der Waals surface area contributed by atoms with Gasteiger partial charge in [0.2, 0.25) is 0 Å². The van der Waals surface area contributed by atoms with Crippen LogP contribution in [0.2, 0.25) is 0 Å². The third kappa shape index (κ3) is 2.81. The molecule has 0 unspecified atom stereocenters. The Morgan fingerprint density at radius 3 is 2.90 bits per heavy atom. The van der Waals surface area contributed by atoms with Crippen LogP contribution in [0.5, 0.6) is 0 Å². The van der Waals surface area contributed by atoms with Crippen LogP contribution in [0.15, 0.2) is 12.3 Å². The third-order valence-electron chi connectivity index (χ3n) is 3.66. The van der Waals surface area contributed by atoms with Crippen LogP contribution in [-0.4, -0.2) is 19.5 Å². The predicted molar refractivity (Wildman–Crippen MR) is 78.6 cm³/mol. The van der Waals surface area contributed by atoms with Crippen LogP contribution in [0.3, 0.4) is 0 Å². The van der Waals surface area contributed by atoms with Crippen molar-refractivity contribution in [3.05, 3.63) is 35.3 Å². The van der Waals surface area contributed by atoms with Crippen LogP contribution in [0, 0.1) is 6.92 Å². The van der Waals surface area contributed by atoms with Gasteiger partial charge in [-0.25, -0.2) is 15.0 Å². The fourth-order valence-electron chi connectivity index (χ4n) is 2.64. The summed E-state index contributed by atoms with van der Waals surface area (Å²) >= 11 is 0. The van der Waals surface area contributed by atoms with Crippen molar-refractivity contribution in [3.8, 4) is 0 Å². The summed E-state index contributed by atoms with van der Waals surface area (Å²) < 4.78 is 2.28. The van der Waals surface area contributed by atoms with E-state index >= 15 is 0 Å². The first-order chi connectivity index (χ1) is 9.74. The van der Waals surface area contributed by atoms with Gasteiger partial charge in [-0.3, -0.25) is 0 Å². The summed E-state index contributed by atoms with van der Waals surface area (Å²) in [6.45, 7) is 5.86. The summed E-state index contributed by atoms with van der Waals surface area (Å²) in [4.78, 5) is 13.5. The van der Waals surface area contributed by atoms with Gasteiger partial charge in [-0.2, -0.15) is 0 Å². The van der Waals surface area contributed by atoms with Crippen LogP contribution in [0.1, 0.15) is 42.8 Å². The highest BCUT2D eigenvalue weighted by atomic mass is 15.1. The number of anilines is 1. The largest absolute Gasteiger partial charge is 0.364 e. The van der Waals surface area contributed by atoms with Gasteiger partial charge in [0.05, 0.1) is 12.2 Å². The molecule has 0 saturated carbocycles. The highest BCUT2D eigenvalue weighted by Crippen LogP contribution is 2.15. The number of fused-ring (bicyclic) bond motifs is 1. The topological polar surface area (TPSA) is 55.6 Å². The molecule has 0 fully saturated rings. The van der Waals surface area contributed by atoms with E-state index < -0.39 is 0 Å². The van der Waals surface area contributed by atoms with Crippen molar-refractivity contribution in [2.45, 2.75) is 52.6 Å². The third-order valence-corrected chi connectivity index (χ3v) is 3.66. The molecule has 106 valence electrons. The highest BCUT2D eigenvalue weighted by Gasteiger charge is 2.12. The molecule has 0 amide bonds. The SMILES string of the molecule is CCc1cc(NCc2cn3c(n2)CCCC3)nc(C)n1. The van der Waals surface area contributed by atoms with E-state index in [4.69, 9.17) is 0 Å². The molecule has 0 aliphatic carbocycles. The number of aryl methyl sites for hydroxylation is 4. The molecule has 1 aliphatic rings. The van der Waals surface area contributed by atoms with Crippen molar-refractivity contribution in [1.29, 1.82) is 0 Å². The van der Waals surface area contributed by atoms with Gasteiger partial charge in [0.15, 0.2) is 0 Å². The maximum absolute atomic E-state index is 4.69. The van der Waals surface area contributed by atoms with Gasteiger partial charge < -0.3 is 9.88 Å². The molecule has 0 aromatic carbocycles. The molecule has 2 aromatic heterocycles. The zero-order valence-electron chi connectivity index (χ0n) is 12.2. The maximum Gasteiger partial charge on any atom is 0.130 e. The number of hydrogen-bond acceptors (Lipinski definition) is 4. The quantitative estimate of drug-likeness (QED) is 0.928. The van der Waals surface area contributed by atoms with E-state index in [-0.39, 0.29) is 0 Å². The Labute approximate surface area is 119 Å². The van der Waals surface area contributed by atoms with Crippen molar-refractivity contribution < 1.29 is 0 Å². The van der Waals surface area contributed by atoms with E-state index in [0.717, 1.165) is 49.0 Å². The van der Waals surface area contributed by atoms with Crippen molar-refractivity contribution in [3.63, 3.8) is 0 Å². The number of hydrogen-bond donors (Lipinski definition) is 1. The molecule has 5 heteroatoms. The number of nitrogens with zero attached hydrogens (tertiary/aromatic N) is 4. The molecule has 0 atom stereocenters. The molecule has 5 nitrogen and oxygen atoms in total. The number of nitrogens with one attached hydrogen (secondary N) is 1. The van der Waals surface area contributed by atoms with Gasteiger partial charge in [-0.05, 0) is 26.2 Å². The van der Waals surface area contributed by atoms with Gasteiger partial charge in [0.25, 0.3) is 0 Å². The molecular formula is C15H21N5. The van der Waals surface area contributed by atoms with Crippen LogP contribution in [0.25, 0.3) is 0 Å². The van der Waals surface area contributed by atoms with Crippen LogP contribution < -0.4 is 5.32 Å². The van der Waals surface area contributed by atoms with Crippen LogP contribution >= 0.6 is 0 Å².